The highest BCUT2D eigenvalue weighted by atomic mass is 16.4. The molecule has 1 aliphatic rings. The lowest BCUT2D eigenvalue weighted by Crippen LogP contribution is -2.28. The Balaban J connectivity index is 2.11. The van der Waals surface area contributed by atoms with Gasteiger partial charge in [-0.05, 0) is 25.0 Å². The van der Waals surface area contributed by atoms with Crippen LogP contribution in [-0.2, 0) is 6.54 Å². The van der Waals surface area contributed by atoms with Crippen molar-refractivity contribution in [1.29, 1.82) is 0 Å². The standard InChI is InChI=1S/C14H17NO2/c1-11-6-8-15(9-7-11)10-12-4-2-3-5-13(12)14(16)17/h2-6H,7-10H2,1H3,(H,16,17). The molecule has 1 aromatic rings. The molecule has 90 valence electrons. The summed E-state index contributed by atoms with van der Waals surface area (Å²) in [5.74, 6) is -0.843. The largest absolute Gasteiger partial charge is 0.478 e. The van der Waals surface area contributed by atoms with Crippen LogP contribution in [0.25, 0.3) is 0 Å². The van der Waals surface area contributed by atoms with Gasteiger partial charge < -0.3 is 5.11 Å². The summed E-state index contributed by atoms with van der Waals surface area (Å²) in [6.45, 7) is 4.78. The second kappa shape index (κ2) is 5.15. The van der Waals surface area contributed by atoms with E-state index >= 15 is 0 Å². The molecule has 1 N–H and O–H groups in total. The number of aromatic carboxylic acids is 1. The number of hydrogen-bond donors (Lipinski definition) is 1. The van der Waals surface area contributed by atoms with Crippen molar-refractivity contribution in [2.45, 2.75) is 19.9 Å². The Morgan fingerprint density at radius 3 is 2.82 bits per heavy atom. The molecule has 0 spiro atoms. The average Bonchev–Trinajstić information content (AvgIpc) is 2.32. The van der Waals surface area contributed by atoms with Gasteiger partial charge in [0.05, 0.1) is 5.56 Å². The molecule has 1 heterocycles. The van der Waals surface area contributed by atoms with Gasteiger partial charge in [0.15, 0.2) is 0 Å². The van der Waals surface area contributed by atoms with Crippen molar-refractivity contribution in [3.8, 4) is 0 Å². The maximum absolute atomic E-state index is 11.1. The summed E-state index contributed by atoms with van der Waals surface area (Å²) >= 11 is 0. The van der Waals surface area contributed by atoms with E-state index in [1.54, 1.807) is 12.1 Å². The normalized spacial score (nSPS) is 16.6. The van der Waals surface area contributed by atoms with Crippen molar-refractivity contribution >= 4 is 5.97 Å². The first-order chi connectivity index (χ1) is 8.16. The molecule has 2 rings (SSSR count). The zero-order valence-corrected chi connectivity index (χ0v) is 10.0. The lowest BCUT2D eigenvalue weighted by atomic mass is 10.1. The third-order valence-electron chi connectivity index (χ3n) is 3.16. The van der Waals surface area contributed by atoms with E-state index in [0.717, 1.165) is 25.1 Å². The third-order valence-corrected chi connectivity index (χ3v) is 3.16. The Labute approximate surface area is 101 Å². The Morgan fingerprint density at radius 1 is 1.41 bits per heavy atom. The first-order valence-corrected chi connectivity index (χ1v) is 5.86. The van der Waals surface area contributed by atoms with E-state index in [4.69, 9.17) is 5.11 Å². The summed E-state index contributed by atoms with van der Waals surface area (Å²) in [7, 11) is 0. The molecule has 0 atom stereocenters. The van der Waals surface area contributed by atoms with E-state index < -0.39 is 5.97 Å². The number of hydrogen-bond acceptors (Lipinski definition) is 2. The second-order valence-corrected chi connectivity index (χ2v) is 4.50. The SMILES string of the molecule is CC1=CCN(Cc2ccccc2C(=O)O)CC1. The fraction of sp³-hybridized carbons (Fsp3) is 0.357. The molecule has 17 heavy (non-hydrogen) atoms. The number of rotatable bonds is 3. The van der Waals surface area contributed by atoms with Gasteiger partial charge in [-0.15, -0.1) is 0 Å². The molecular weight excluding hydrogens is 214 g/mol. The van der Waals surface area contributed by atoms with E-state index in [0.29, 0.717) is 12.1 Å². The highest BCUT2D eigenvalue weighted by Gasteiger charge is 2.14. The molecule has 0 bridgehead atoms. The van der Waals surface area contributed by atoms with E-state index in [9.17, 15) is 4.79 Å². The van der Waals surface area contributed by atoms with Crippen molar-refractivity contribution < 1.29 is 9.90 Å². The Bertz CT molecular complexity index is 451. The van der Waals surface area contributed by atoms with Gasteiger partial charge >= 0.3 is 5.97 Å². The fourth-order valence-electron chi connectivity index (χ4n) is 2.06. The van der Waals surface area contributed by atoms with Crippen LogP contribution in [0, 0.1) is 0 Å². The molecule has 1 aliphatic heterocycles. The summed E-state index contributed by atoms with van der Waals surface area (Å²) < 4.78 is 0. The molecule has 0 aliphatic carbocycles. The molecule has 0 saturated heterocycles. The average molecular weight is 231 g/mol. The Kier molecular flexibility index (Phi) is 3.59. The predicted molar refractivity (Wildman–Crippen MR) is 67.1 cm³/mol. The minimum Gasteiger partial charge on any atom is -0.478 e. The highest BCUT2D eigenvalue weighted by Crippen LogP contribution is 2.16. The van der Waals surface area contributed by atoms with Gasteiger partial charge in [-0.1, -0.05) is 29.8 Å². The van der Waals surface area contributed by atoms with Crippen LogP contribution in [0.2, 0.25) is 0 Å². The maximum atomic E-state index is 11.1. The van der Waals surface area contributed by atoms with Crippen molar-refractivity contribution in [2.75, 3.05) is 13.1 Å². The number of carboxylic acid groups (broad SMARTS) is 1. The van der Waals surface area contributed by atoms with E-state index in [1.807, 2.05) is 12.1 Å². The molecule has 0 aromatic heterocycles. The van der Waals surface area contributed by atoms with Gasteiger partial charge in [0.25, 0.3) is 0 Å². The fourth-order valence-corrected chi connectivity index (χ4v) is 2.06. The van der Waals surface area contributed by atoms with Crippen molar-refractivity contribution in [3.05, 3.63) is 47.0 Å². The third kappa shape index (κ3) is 2.94. The summed E-state index contributed by atoms with van der Waals surface area (Å²) in [4.78, 5) is 13.4. The minimum absolute atomic E-state index is 0.416. The van der Waals surface area contributed by atoms with Crippen LogP contribution in [0.15, 0.2) is 35.9 Å². The summed E-state index contributed by atoms with van der Waals surface area (Å²) in [6, 6.07) is 7.23. The molecule has 0 saturated carbocycles. The zero-order valence-electron chi connectivity index (χ0n) is 10.0. The molecule has 0 fully saturated rings. The first kappa shape index (κ1) is 11.9. The zero-order chi connectivity index (χ0) is 12.3. The van der Waals surface area contributed by atoms with Crippen LogP contribution in [0.4, 0.5) is 0 Å². The molecule has 0 radical (unpaired) electrons. The lowest BCUT2D eigenvalue weighted by Gasteiger charge is -2.25. The van der Waals surface area contributed by atoms with E-state index in [-0.39, 0.29) is 0 Å². The van der Waals surface area contributed by atoms with Crippen LogP contribution in [0.5, 0.6) is 0 Å². The van der Waals surface area contributed by atoms with Crippen molar-refractivity contribution in [3.63, 3.8) is 0 Å². The Morgan fingerprint density at radius 2 is 2.18 bits per heavy atom. The summed E-state index contributed by atoms with van der Waals surface area (Å²) in [5.41, 5.74) is 2.74. The molecular formula is C14H17NO2. The van der Waals surface area contributed by atoms with Crippen LogP contribution < -0.4 is 0 Å². The smallest absolute Gasteiger partial charge is 0.336 e. The molecule has 0 amide bonds. The van der Waals surface area contributed by atoms with Crippen LogP contribution in [0.1, 0.15) is 29.3 Å². The van der Waals surface area contributed by atoms with E-state index in [2.05, 4.69) is 17.9 Å². The number of carboxylic acids is 1. The molecule has 1 aromatic carbocycles. The van der Waals surface area contributed by atoms with Gasteiger partial charge in [0.2, 0.25) is 0 Å². The van der Waals surface area contributed by atoms with Gasteiger partial charge in [-0.2, -0.15) is 0 Å². The van der Waals surface area contributed by atoms with E-state index in [1.165, 1.54) is 5.57 Å². The predicted octanol–water partition coefficient (Wildman–Crippen LogP) is 2.54. The van der Waals surface area contributed by atoms with Crippen molar-refractivity contribution in [1.82, 2.24) is 4.90 Å². The van der Waals surface area contributed by atoms with Gasteiger partial charge in [-0.3, -0.25) is 4.90 Å². The summed E-state index contributed by atoms with van der Waals surface area (Å²) in [6.07, 6.45) is 3.29. The second-order valence-electron chi connectivity index (χ2n) is 4.50. The minimum atomic E-state index is -0.843. The lowest BCUT2D eigenvalue weighted by molar-refractivity contribution is 0.0694. The van der Waals surface area contributed by atoms with Gasteiger partial charge in [0.1, 0.15) is 0 Å². The monoisotopic (exact) mass is 231 g/mol. The van der Waals surface area contributed by atoms with Crippen LogP contribution in [0.3, 0.4) is 0 Å². The quantitative estimate of drug-likeness (QED) is 0.813. The molecule has 3 heteroatoms. The number of nitrogens with zero attached hydrogens (tertiary/aromatic N) is 1. The van der Waals surface area contributed by atoms with Crippen LogP contribution in [-0.4, -0.2) is 29.1 Å². The molecule has 0 unspecified atom stereocenters. The number of benzene rings is 1. The van der Waals surface area contributed by atoms with Gasteiger partial charge in [-0.25, -0.2) is 4.79 Å². The summed E-state index contributed by atoms with van der Waals surface area (Å²) in [5, 5.41) is 9.11. The Hall–Kier alpha value is -1.61. The van der Waals surface area contributed by atoms with Crippen molar-refractivity contribution in [2.24, 2.45) is 0 Å². The first-order valence-electron chi connectivity index (χ1n) is 5.86. The van der Waals surface area contributed by atoms with Crippen LogP contribution >= 0.6 is 0 Å². The maximum Gasteiger partial charge on any atom is 0.336 e. The number of carbonyl (C=O) groups is 1. The molecule has 3 nitrogen and oxygen atoms in total. The van der Waals surface area contributed by atoms with Gasteiger partial charge in [0, 0.05) is 19.6 Å². The highest BCUT2D eigenvalue weighted by molar-refractivity contribution is 5.89. The topological polar surface area (TPSA) is 40.5 Å².